The lowest BCUT2D eigenvalue weighted by atomic mass is 10.1. The average Bonchev–Trinajstić information content (AvgIpc) is 3.15. The number of hydrogen-bond acceptors (Lipinski definition) is 9. The third-order valence-electron chi connectivity index (χ3n) is 4.63. The Morgan fingerprint density at radius 1 is 0.941 bits per heavy atom. The number of rotatable bonds is 6. The molecule has 3 aromatic heterocycles. The van der Waals surface area contributed by atoms with E-state index in [2.05, 4.69) is 40.7 Å². The average molecular weight is 471 g/mol. The fourth-order valence-electron chi connectivity index (χ4n) is 3.32. The second-order valence-corrected chi connectivity index (χ2v) is 7.25. The maximum Gasteiger partial charge on any atom is 0.451 e. The van der Waals surface area contributed by atoms with E-state index in [0.29, 0.717) is 33.6 Å². The first-order chi connectivity index (χ1) is 16.1. The van der Waals surface area contributed by atoms with Crippen LogP contribution in [0.5, 0.6) is 5.75 Å². The fraction of sp³-hybridized carbons (Fsp3) is 0.238. The SMILES string of the molecule is COc1c(Nc2cc(Nc3cc(C)nc(C)n3)ncn2)cccc1-c1nc(C(F)(F)F)n(C)n1. The number of aromatic nitrogens is 7. The molecule has 0 aliphatic carbocycles. The third-order valence-corrected chi connectivity index (χ3v) is 4.63. The van der Waals surface area contributed by atoms with Crippen molar-refractivity contribution in [3.05, 3.63) is 54.0 Å². The van der Waals surface area contributed by atoms with Gasteiger partial charge >= 0.3 is 6.18 Å². The third kappa shape index (κ3) is 4.87. The minimum Gasteiger partial charge on any atom is -0.494 e. The van der Waals surface area contributed by atoms with Gasteiger partial charge in [-0.15, -0.1) is 0 Å². The number of nitrogens with one attached hydrogen (secondary N) is 2. The van der Waals surface area contributed by atoms with Gasteiger partial charge in [0.1, 0.15) is 29.6 Å². The van der Waals surface area contributed by atoms with E-state index < -0.39 is 12.0 Å². The normalized spacial score (nSPS) is 11.4. The zero-order valence-electron chi connectivity index (χ0n) is 18.6. The number of aryl methyl sites for hydroxylation is 3. The van der Waals surface area contributed by atoms with Crippen molar-refractivity contribution in [3.8, 4) is 17.1 Å². The Hall–Kier alpha value is -4.29. The van der Waals surface area contributed by atoms with E-state index in [1.165, 1.54) is 20.5 Å². The quantitative estimate of drug-likeness (QED) is 0.427. The number of ether oxygens (including phenoxy) is 1. The first kappa shape index (κ1) is 22.9. The molecule has 2 N–H and O–H groups in total. The molecule has 1 aromatic carbocycles. The predicted molar refractivity (Wildman–Crippen MR) is 118 cm³/mol. The van der Waals surface area contributed by atoms with Crippen LogP contribution in [0.25, 0.3) is 11.4 Å². The smallest absolute Gasteiger partial charge is 0.451 e. The summed E-state index contributed by atoms with van der Waals surface area (Å²) in [4.78, 5) is 20.6. The van der Waals surface area contributed by atoms with Gasteiger partial charge in [-0.25, -0.2) is 29.6 Å². The van der Waals surface area contributed by atoms with Gasteiger partial charge in [-0.3, -0.25) is 0 Å². The van der Waals surface area contributed by atoms with Crippen molar-refractivity contribution in [1.82, 2.24) is 34.7 Å². The van der Waals surface area contributed by atoms with E-state index in [1.807, 2.05) is 6.92 Å². The summed E-state index contributed by atoms with van der Waals surface area (Å²) in [6.07, 6.45) is -3.27. The molecule has 13 heteroatoms. The minimum atomic E-state index is -4.63. The van der Waals surface area contributed by atoms with Crippen molar-refractivity contribution in [1.29, 1.82) is 0 Å². The van der Waals surface area contributed by atoms with Crippen LogP contribution in [0.2, 0.25) is 0 Å². The molecule has 0 fully saturated rings. The van der Waals surface area contributed by atoms with Crippen molar-refractivity contribution in [2.45, 2.75) is 20.0 Å². The van der Waals surface area contributed by atoms with Gasteiger partial charge in [-0.05, 0) is 26.0 Å². The highest BCUT2D eigenvalue weighted by molar-refractivity contribution is 5.77. The second-order valence-electron chi connectivity index (χ2n) is 7.25. The maximum atomic E-state index is 13.2. The first-order valence-electron chi connectivity index (χ1n) is 9.98. The van der Waals surface area contributed by atoms with E-state index in [1.54, 1.807) is 37.3 Å². The summed E-state index contributed by atoms with van der Waals surface area (Å²) in [5.74, 6) is 1.13. The lowest BCUT2D eigenvalue weighted by molar-refractivity contribution is -0.147. The van der Waals surface area contributed by atoms with Gasteiger partial charge in [0.25, 0.3) is 0 Å². The highest BCUT2D eigenvalue weighted by atomic mass is 19.4. The molecule has 34 heavy (non-hydrogen) atoms. The summed E-state index contributed by atoms with van der Waals surface area (Å²) in [7, 11) is 2.59. The predicted octanol–water partition coefficient (Wildman–Crippen LogP) is 4.19. The Morgan fingerprint density at radius 3 is 2.32 bits per heavy atom. The van der Waals surface area contributed by atoms with Gasteiger partial charge in [0.2, 0.25) is 5.82 Å². The van der Waals surface area contributed by atoms with Gasteiger partial charge in [0.15, 0.2) is 11.6 Å². The van der Waals surface area contributed by atoms with Crippen LogP contribution in [0.15, 0.2) is 36.7 Å². The first-order valence-corrected chi connectivity index (χ1v) is 9.98. The molecule has 0 aliphatic heterocycles. The molecule has 0 saturated carbocycles. The monoisotopic (exact) mass is 471 g/mol. The molecule has 0 unspecified atom stereocenters. The number of methoxy groups -OCH3 is 1. The second kappa shape index (κ2) is 8.92. The largest absolute Gasteiger partial charge is 0.494 e. The van der Waals surface area contributed by atoms with Gasteiger partial charge < -0.3 is 15.4 Å². The van der Waals surface area contributed by atoms with E-state index in [4.69, 9.17) is 4.74 Å². The Bertz CT molecular complexity index is 1320. The van der Waals surface area contributed by atoms with Crippen molar-refractivity contribution < 1.29 is 17.9 Å². The Kier molecular flexibility index (Phi) is 6.01. The summed E-state index contributed by atoms with van der Waals surface area (Å²) in [6.45, 7) is 3.65. The number of alkyl halides is 3. The van der Waals surface area contributed by atoms with Crippen LogP contribution in [-0.4, -0.2) is 41.8 Å². The van der Waals surface area contributed by atoms with Gasteiger partial charge in [-0.2, -0.15) is 18.3 Å². The highest BCUT2D eigenvalue weighted by Gasteiger charge is 2.37. The number of hydrogen-bond donors (Lipinski definition) is 2. The van der Waals surface area contributed by atoms with Crippen molar-refractivity contribution in [2.75, 3.05) is 17.7 Å². The minimum absolute atomic E-state index is 0.116. The summed E-state index contributed by atoms with van der Waals surface area (Å²) in [5.41, 5.74) is 1.55. The Balaban J connectivity index is 1.63. The molecule has 176 valence electrons. The summed E-state index contributed by atoms with van der Waals surface area (Å²) in [5, 5.41) is 10.1. The topological polar surface area (TPSA) is 116 Å². The van der Waals surface area contributed by atoms with Crippen molar-refractivity contribution >= 4 is 23.1 Å². The van der Waals surface area contributed by atoms with Crippen LogP contribution in [0.3, 0.4) is 0 Å². The van der Waals surface area contributed by atoms with E-state index in [0.717, 1.165) is 5.69 Å². The molecule has 0 aliphatic rings. The molecule has 3 heterocycles. The number of anilines is 4. The van der Waals surface area contributed by atoms with Crippen LogP contribution in [0.4, 0.5) is 36.3 Å². The van der Waals surface area contributed by atoms with Gasteiger partial charge in [0.05, 0.1) is 18.4 Å². The van der Waals surface area contributed by atoms with Gasteiger partial charge in [0, 0.05) is 24.9 Å². The molecule has 4 rings (SSSR count). The highest BCUT2D eigenvalue weighted by Crippen LogP contribution is 2.38. The van der Waals surface area contributed by atoms with Crippen LogP contribution in [0, 0.1) is 13.8 Å². The zero-order chi connectivity index (χ0) is 24.5. The molecule has 0 saturated heterocycles. The van der Waals surface area contributed by atoms with Crippen LogP contribution >= 0.6 is 0 Å². The molecule has 0 amide bonds. The van der Waals surface area contributed by atoms with Crippen molar-refractivity contribution in [3.63, 3.8) is 0 Å². The number of benzene rings is 1. The number of halogens is 3. The number of nitrogens with zero attached hydrogens (tertiary/aromatic N) is 7. The summed E-state index contributed by atoms with van der Waals surface area (Å²) < 4.78 is 45.7. The summed E-state index contributed by atoms with van der Waals surface area (Å²) in [6, 6.07) is 8.36. The molecular formula is C21H20F3N9O. The van der Waals surface area contributed by atoms with Crippen LogP contribution in [0.1, 0.15) is 17.3 Å². The molecular weight excluding hydrogens is 451 g/mol. The molecule has 4 aromatic rings. The lowest BCUT2D eigenvalue weighted by Crippen LogP contribution is -2.13. The fourth-order valence-corrected chi connectivity index (χ4v) is 3.32. The van der Waals surface area contributed by atoms with Gasteiger partial charge in [-0.1, -0.05) is 6.07 Å². The lowest BCUT2D eigenvalue weighted by Gasteiger charge is -2.14. The van der Waals surface area contributed by atoms with E-state index in [9.17, 15) is 13.2 Å². The summed E-state index contributed by atoms with van der Waals surface area (Å²) >= 11 is 0. The molecule has 0 spiro atoms. The maximum absolute atomic E-state index is 13.2. The van der Waals surface area contributed by atoms with Crippen LogP contribution in [-0.2, 0) is 13.2 Å². The number of para-hydroxylation sites is 1. The molecule has 0 bridgehead atoms. The van der Waals surface area contributed by atoms with E-state index >= 15 is 0 Å². The van der Waals surface area contributed by atoms with Crippen LogP contribution < -0.4 is 15.4 Å². The molecule has 10 nitrogen and oxygen atoms in total. The van der Waals surface area contributed by atoms with E-state index in [-0.39, 0.29) is 17.1 Å². The molecule has 0 radical (unpaired) electrons. The Labute approximate surface area is 192 Å². The zero-order valence-corrected chi connectivity index (χ0v) is 18.6. The Morgan fingerprint density at radius 2 is 1.68 bits per heavy atom. The molecule has 0 atom stereocenters. The standard InChI is InChI=1S/C21H20F3N9O/c1-11-8-17(28-12(2)27-11)30-16-9-15(25-10-26-16)29-14-7-5-6-13(18(14)34-4)19-31-20(21(22,23)24)33(3)32-19/h5-10H,1-4H3,(H2,25,26,27,28,29,30). The van der Waals surface area contributed by atoms with Crippen molar-refractivity contribution in [2.24, 2.45) is 7.05 Å².